The van der Waals surface area contributed by atoms with Crippen LogP contribution in [0.5, 0.6) is 0 Å². The molecule has 0 spiro atoms. The molecule has 0 heterocycles. The molecule has 0 unspecified atom stereocenters. The summed E-state index contributed by atoms with van der Waals surface area (Å²) in [5.41, 5.74) is 1.86. The number of amides is 1. The molecule has 1 aliphatic rings. The van der Waals surface area contributed by atoms with Crippen molar-refractivity contribution < 1.29 is 4.79 Å². The molecule has 0 aliphatic heterocycles. The molecule has 0 atom stereocenters. The van der Waals surface area contributed by atoms with Crippen LogP contribution in [0.25, 0.3) is 0 Å². The normalized spacial score (nSPS) is 17.4. The zero-order valence-corrected chi connectivity index (χ0v) is 13.5. The number of alkyl halides is 1. The number of carbonyl (C=O) groups is 1. The number of rotatable bonds is 4. The van der Waals surface area contributed by atoms with Gasteiger partial charge in [-0.3, -0.25) is 4.79 Å². The van der Waals surface area contributed by atoms with Crippen molar-refractivity contribution in [2.75, 3.05) is 11.9 Å². The number of nitrogens with one attached hydrogen (secondary N) is 1. The summed E-state index contributed by atoms with van der Waals surface area (Å²) in [4.78, 5) is 12.2. The van der Waals surface area contributed by atoms with Gasteiger partial charge in [-0.25, -0.2) is 0 Å². The lowest BCUT2D eigenvalue weighted by Gasteiger charge is -2.26. The van der Waals surface area contributed by atoms with Crippen molar-refractivity contribution in [1.29, 1.82) is 0 Å². The van der Waals surface area contributed by atoms with Crippen molar-refractivity contribution in [2.45, 2.75) is 32.6 Å². The van der Waals surface area contributed by atoms with Gasteiger partial charge in [-0.2, -0.15) is 0 Å². The van der Waals surface area contributed by atoms with Gasteiger partial charge in [-0.05, 0) is 42.9 Å². The molecule has 0 radical (unpaired) electrons. The highest BCUT2D eigenvalue weighted by Gasteiger charge is 2.33. The monoisotopic (exact) mass is 343 g/mol. The largest absolute Gasteiger partial charge is 0.351 e. The Morgan fingerprint density at radius 3 is 2.68 bits per heavy atom. The predicted octanol–water partition coefficient (Wildman–Crippen LogP) is 4.33. The zero-order chi connectivity index (χ0) is 13.9. The summed E-state index contributed by atoms with van der Waals surface area (Å²) < 4.78 is 0. The Labute approximate surface area is 128 Å². The molecule has 1 aromatic carbocycles. The van der Waals surface area contributed by atoms with Crippen LogP contribution in [0, 0.1) is 12.3 Å². The smallest absolute Gasteiger partial charge is 0.252 e. The van der Waals surface area contributed by atoms with Crippen LogP contribution in [0.3, 0.4) is 0 Å². The minimum atomic E-state index is -0.0720. The second-order valence-electron chi connectivity index (χ2n) is 5.51. The third kappa shape index (κ3) is 3.51. The average molecular weight is 345 g/mol. The summed E-state index contributed by atoms with van der Waals surface area (Å²) >= 11 is 9.70. The van der Waals surface area contributed by atoms with Crippen molar-refractivity contribution in [3.63, 3.8) is 0 Å². The van der Waals surface area contributed by atoms with Gasteiger partial charge >= 0.3 is 0 Å². The SMILES string of the molecule is Cc1ccc(C(=O)NCC2(CBr)CCCC2)c(Cl)c1. The summed E-state index contributed by atoms with van der Waals surface area (Å²) in [5.74, 6) is -0.0720. The lowest BCUT2D eigenvalue weighted by Crippen LogP contribution is -2.37. The van der Waals surface area contributed by atoms with E-state index in [1.807, 2.05) is 19.1 Å². The molecule has 1 aliphatic carbocycles. The topological polar surface area (TPSA) is 29.1 Å². The van der Waals surface area contributed by atoms with Crippen molar-refractivity contribution in [3.8, 4) is 0 Å². The van der Waals surface area contributed by atoms with Crippen molar-refractivity contribution in [3.05, 3.63) is 34.3 Å². The van der Waals surface area contributed by atoms with Crippen molar-refractivity contribution in [2.24, 2.45) is 5.41 Å². The molecule has 0 bridgehead atoms. The molecule has 0 saturated heterocycles. The second-order valence-corrected chi connectivity index (χ2v) is 6.47. The first-order valence-electron chi connectivity index (χ1n) is 6.67. The number of benzene rings is 1. The van der Waals surface area contributed by atoms with Crippen LogP contribution in [-0.2, 0) is 0 Å². The molecule has 4 heteroatoms. The van der Waals surface area contributed by atoms with Crippen LogP contribution in [0.4, 0.5) is 0 Å². The molecule has 104 valence electrons. The molecule has 2 rings (SSSR count). The van der Waals surface area contributed by atoms with E-state index in [2.05, 4.69) is 21.2 Å². The van der Waals surface area contributed by atoms with E-state index in [9.17, 15) is 4.79 Å². The maximum absolute atomic E-state index is 12.2. The maximum Gasteiger partial charge on any atom is 0.252 e. The Kier molecular flexibility index (Phi) is 4.91. The minimum Gasteiger partial charge on any atom is -0.351 e. The van der Waals surface area contributed by atoms with E-state index in [0.29, 0.717) is 10.6 Å². The molecule has 1 fully saturated rings. The van der Waals surface area contributed by atoms with Gasteiger partial charge in [0.1, 0.15) is 0 Å². The number of hydrogen-bond acceptors (Lipinski definition) is 1. The Morgan fingerprint density at radius 2 is 2.11 bits per heavy atom. The van der Waals surface area contributed by atoms with Crippen LogP contribution < -0.4 is 5.32 Å². The highest BCUT2D eigenvalue weighted by atomic mass is 79.9. The third-order valence-corrected chi connectivity index (χ3v) is 5.44. The van der Waals surface area contributed by atoms with Crippen LogP contribution in [0.15, 0.2) is 18.2 Å². The molecular formula is C15H19BrClNO. The maximum atomic E-state index is 12.2. The predicted molar refractivity (Wildman–Crippen MR) is 83.2 cm³/mol. The van der Waals surface area contributed by atoms with Gasteiger partial charge in [0.05, 0.1) is 10.6 Å². The van der Waals surface area contributed by atoms with Gasteiger partial charge in [0.2, 0.25) is 0 Å². The molecule has 1 saturated carbocycles. The van der Waals surface area contributed by atoms with E-state index in [-0.39, 0.29) is 11.3 Å². The van der Waals surface area contributed by atoms with Crippen molar-refractivity contribution >= 4 is 33.4 Å². The zero-order valence-electron chi connectivity index (χ0n) is 11.1. The van der Waals surface area contributed by atoms with E-state index >= 15 is 0 Å². The summed E-state index contributed by atoms with van der Waals surface area (Å²) in [6, 6.07) is 5.53. The average Bonchev–Trinajstić information content (AvgIpc) is 2.85. The summed E-state index contributed by atoms with van der Waals surface area (Å²) in [6.07, 6.45) is 4.87. The fourth-order valence-corrected chi connectivity index (χ4v) is 3.73. The number of halogens is 2. The third-order valence-electron chi connectivity index (χ3n) is 3.94. The first-order valence-corrected chi connectivity index (χ1v) is 8.17. The highest BCUT2D eigenvalue weighted by Crippen LogP contribution is 2.39. The van der Waals surface area contributed by atoms with E-state index in [0.717, 1.165) is 17.4 Å². The first kappa shape index (κ1) is 14.9. The van der Waals surface area contributed by atoms with Crippen molar-refractivity contribution in [1.82, 2.24) is 5.32 Å². The molecule has 19 heavy (non-hydrogen) atoms. The van der Waals surface area contributed by atoms with Gasteiger partial charge in [-0.1, -0.05) is 46.4 Å². The molecule has 2 nitrogen and oxygen atoms in total. The number of hydrogen-bond donors (Lipinski definition) is 1. The van der Waals surface area contributed by atoms with Gasteiger partial charge in [0.25, 0.3) is 5.91 Å². The lowest BCUT2D eigenvalue weighted by molar-refractivity contribution is 0.0935. The Bertz CT molecular complexity index is 469. The van der Waals surface area contributed by atoms with Crippen LogP contribution in [-0.4, -0.2) is 17.8 Å². The summed E-state index contributed by atoms with van der Waals surface area (Å²) in [7, 11) is 0. The van der Waals surface area contributed by atoms with Crippen LogP contribution in [0.2, 0.25) is 5.02 Å². The molecule has 1 N–H and O–H groups in total. The lowest BCUT2D eigenvalue weighted by atomic mass is 9.89. The summed E-state index contributed by atoms with van der Waals surface area (Å²) in [6.45, 7) is 2.69. The molecule has 1 aromatic rings. The second kappa shape index (κ2) is 6.27. The fraction of sp³-hybridized carbons (Fsp3) is 0.533. The van der Waals surface area contributed by atoms with E-state index in [4.69, 9.17) is 11.6 Å². The number of aryl methyl sites for hydroxylation is 1. The Balaban J connectivity index is 2.01. The minimum absolute atomic E-state index is 0.0720. The molecule has 0 aromatic heterocycles. The van der Waals surface area contributed by atoms with Gasteiger partial charge in [0, 0.05) is 11.9 Å². The van der Waals surface area contributed by atoms with E-state index in [1.165, 1.54) is 25.7 Å². The Morgan fingerprint density at radius 1 is 1.42 bits per heavy atom. The van der Waals surface area contributed by atoms with E-state index in [1.54, 1.807) is 6.07 Å². The Hall–Kier alpha value is -0.540. The quantitative estimate of drug-likeness (QED) is 0.809. The molecular weight excluding hydrogens is 326 g/mol. The van der Waals surface area contributed by atoms with Gasteiger partial charge < -0.3 is 5.32 Å². The number of carbonyl (C=O) groups excluding carboxylic acids is 1. The van der Waals surface area contributed by atoms with Gasteiger partial charge in [0.15, 0.2) is 0 Å². The van der Waals surface area contributed by atoms with Gasteiger partial charge in [-0.15, -0.1) is 0 Å². The van der Waals surface area contributed by atoms with E-state index < -0.39 is 0 Å². The standard InChI is InChI=1S/C15H19BrClNO/c1-11-4-5-12(13(17)8-11)14(19)18-10-15(9-16)6-2-3-7-15/h4-5,8H,2-3,6-7,9-10H2,1H3,(H,18,19). The van der Waals surface area contributed by atoms with Crippen LogP contribution in [0.1, 0.15) is 41.6 Å². The first-order chi connectivity index (χ1) is 9.06. The summed E-state index contributed by atoms with van der Waals surface area (Å²) in [5, 5.41) is 4.51. The van der Waals surface area contributed by atoms with Crippen LogP contribution >= 0.6 is 27.5 Å². The molecule has 1 amide bonds. The fourth-order valence-electron chi connectivity index (χ4n) is 2.65. The highest BCUT2D eigenvalue weighted by molar-refractivity contribution is 9.09.